The molecule has 0 saturated carbocycles. The van der Waals surface area contributed by atoms with Gasteiger partial charge in [0.1, 0.15) is 17.5 Å². The van der Waals surface area contributed by atoms with Crippen molar-refractivity contribution in [1.82, 2.24) is 5.32 Å². The lowest BCUT2D eigenvalue weighted by Gasteiger charge is -2.16. The molecular weight excluding hydrogens is 566 g/mol. The van der Waals surface area contributed by atoms with Crippen molar-refractivity contribution in [2.24, 2.45) is 0 Å². The predicted molar refractivity (Wildman–Crippen MR) is 182 cm³/mol. The van der Waals surface area contributed by atoms with Crippen molar-refractivity contribution in [2.45, 2.75) is 39.2 Å². The molecule has 0 aliphatic carbocycles. The van der Waals surface area contributed by atoms with Crippen molar-refractivity contribution in [3.05, 3.63) is 144 Å². The average Bonchev–Trinajstić information content (AvgIpc) is 3.04. The van der Waals surface area contributed by atoms with Crippen molar-refractivity contribution >= 4 is 23.6 Å². The Labute approximate surface area is 264 Å². The number of nitrogens with one attached hydrogen (secondary N) is 1. The Morgan fingerprint density at radius 3 is 2.14 bits per heavy atom. The second-order valence-corrected chi connectivity index (χ2v) is 11.8. The standard InChI is InChI=1S/C38H39NO4S/c1-28(2)17-18-30(20-19-29-21-23-32(24-22-29)31-11-5-3-6-12-31)25-26-44-27-35(38(41)42)39-37(40)34-15-9-10-16-36(34)43-33-13-7-4-8-14-33/h3-17,21-25,35H,18-20,26-27H2,1-2H3,(H,39,40)(H,41,42)/b30-25-/t35-/m0/s1. The third kappa shape index (κ3) is 10.3. The smallest absolute Gasteiger partial charge is 0.327 e. The van der Waals surface area contributed by atoms with Crippen LogP contribution in [0.25, 0.3) is 11.1 Å². The molecule has 0 aliphatic heterocycles. The van der Waals surface area contributed by atoms with E-state index >= 15 is 0 Å². The molecule has 4 aromatic rings. The highest BCUT2D eigenvalue weighted by molar-refractivity contribution is 7.99. The SMILES string of the molecule is CC(C)=CC/C(=C/CSC[C@H](NC(=O)c1ccccc1Oc1ccccc1)C(=O)O)CCc1ccc(-c2ccccc2)cc1. The summed E-state index contributed by atoms with van der Waals surface area (Å²) in [6.45, 7) is 4.19. The van der Waals surface area contributed by atoms with Gasteiger partial charge in [-0.2, -0.15) is 11.8 Å². The number of ether oxygens (including phenoxy) is 1. The Kier molecular flexibility index (Phi) is 12.4. The first-order valence-electron chi connectivity index (χ1n) is 14.8. The zero-order valence-electron chi connectivity index (χ0n) is 25.2. The Morgan fingerprint density at radius 1 is 0.818 bits per heavy atom. The topological polar surface area (TPSA) is 75.6 Å². The van der Waals surface area contributed by atoms with E-state index in [1.54, 1.807) is 36.4 Å². The first-order chi connectivity index (χ1) is 21.4. The number of carboxylic acids is 1. The van der Waals surface area contributed by atoms with Crippen LogP contribution in [0.5, 0.6) is 11.5 Å². The van der Waals surface area contributed by atoms with Gasteiger partial charge in [-0.1, -0.05) is 108 Å². The molecule has 0 unspecified atom stereocenters. The number of hydrogen-bond acceptors (Lipinski definition) is 4. The fraction of sp³-hybridized carbons (Fsp3) is 0.211. The van der Waals surface area contributed by atoms with Gasteiger partial charge in [-0.25, -0.2) is 4.79 Å². The van der Waals surface area contributed by atoms with Gasteiger partial charge in [-0.05, 0) is 74.1 Å². The molecule has 44 heavy (non-hydrogen) atoms. The van der Waals surface area contributed by atoms with Crippen molar-refractivity contribution in [3.8, 4) is 22.6 Å². The lowest BCUT2D eigenvalue weighted by Crippen LogP contribution is -2.42. The molecule has 4 aromatic carbocycles. The second kappa shape index (κ2) is 16.9. The highest BCUT2D eigenvalue weighted by atomic mass is 32.2. The van der Waals surface area contributed by atoms with Gasteiger partial charge in [0.05, 0.1) is 5.56 Å². The first kappa shape index (κ1) is 32.4. The van der Waals surface area contributed by atoms with E-state index in [-0.39, 0.29) is 11.3 Å². The van der Waals surface area contributed by atoms with E-state index in [2.05, 4.69) is 79.8 Å². The number of benzene rings is 4. The van der Waals surface area contributed by atoms with Gasteiger partial charge >= 0.3 is 5.97 Å². The van der Waals surface area contributed by atoms with Crippen LogP contribution in [0.3, 0.4) is 0 Å². The maximum Gasteiger partial charge on any atom is 0.327 e. The number of thioether (sulfide) groups is 1. The Morgan fingerprint density at radius 2 is 1.45 bits per heavy atom. The zero-order valence-corrected chi connectivity index (χ0v) is 26.1. The van der Waals surface area contributed by atoms with Crippen LogP contribution in [0.15, 0.2) is 132 Å². The van der Waals surface area contributed by atoms with Gasteiger partial charge in [-0.3, -0.25) is 4.79 Å². The van der Waals surface area contributed by atoms with E-state index in [1.165, 1.54) is 39.6 Å². The summed E-state index contributed by atoms with van der Waals surface area (Å²) in [4.78, 5) is 25.1. The highest BCUT2D eigenvalue weighted by Gasteiger charge is 2.22. The van der Waals surface area contributed by atoms with E-state index in [1.807, 2.05) is 24.3 Å². The van der Waals surface area contributed by atoms with Crippen LogP contribution in [0, 0.1) is 0 Å². The quantitative estimate of drug-likeness (QED) is 0.104. The maximum absolute atomic E-state index is 13.1. The number of para-hydroxylation sites is 2. The molecule has 4 rings (SSSR count). The molecule has 0 fully saturated rings. The summed E-state index contributed by atoms with van der Waals surface area (Å²) in [6.07, 6.45) is 7.14. The van der Waals surface area contributed by atoms with Gasteiger partial charge in [0, 0.05) is 11.5 Å². The van der Waals surface area contributed by atoms with E-state index < -0.39 is 17.9 Å². The molecule has 0 aromatic heterocycles. The molecule has 0 heterocycles. The number of rotatable bonds is 15. The number of allylic oxidation sites excluding steroid dienone is 3. The van der Waals surface area contributed by atoms with E-state index in [9.17, 15) is 14.7 Å². The number of amides is 1. The highest BCUT2D eigenvalue weighted by Crippen LogP contribution is 2.25. The van der Waals surface area contributed by atoms with Crippen LogP contribution in [-0.4, -0.2) is 34.5 Å². The summed E-state index contributed by atoms with van der Waals surface area (Å²) in [7, 11) is 0. The van der Waals surface area contributed by atoms with Crippen LogP contribution in [0.2, 0.25) is 0 Å². The minimum atomic E-state index is -1.07. The van der Waals surface area contributed by atoms with Crippen LogP contribution < -0.4 is 10.1 Å². The molecule has 2 N–H and O–H groups in total. The number of hydrogen-bond donors (Lipinski definition) is 2. The normalized spacial score (nSPS) is 11.8. The molecular formula is C38H39NO4S. The molecule has 0 radical (unpaired) electrons. The van der Waals surface area contributed by atoms with E-state index in [4.69, 9.17) is 4.74 Å². The molecule has 6 heteroatoms. The third-order valence-corrected chi connectivity index (χ3v) is 8.02. The summed E-state index contributed by atoms with van der Waals surface area (Å²) < 4.78 is 5.89. The third-order valence-electron chi connectivity index (χ3n) is 7.05. The molecule has 0 aliphatic rings. The summed E-state index contributed by atoms with van der Waals surface area (Å²) in [5, 5.41) is 12.5. The number of aryl methyl sites for hydroxylation is 1. The largest absolute Gasteiger partial charge is 0.480 e. The number of carboxylic acid groups (broad SMARTS) is 1. The lowest BCUT2D eigenvalue weighted by molar-refractivity contribution is -0.138. The fourth-order valence-electron chi connectivity index (χ4n) is 4.55. The van der Waals surface area contributed by atoms with Crippen LogP contribution in [0.4, 0.5) is 0 Å². The Hall–Kier alpha value is -4.55. The predicted octanol–water partition coefficient (Wildman–Crippen LogP) is 8.98. The maximum atomic E-state index is 13.1. The summed E-state index contributed by atoms with van der Waals surface area (Å²) in [5.74, 6) is 0.317. The summed E-state index contributed by atoms with van der Waals surface area (Å²) >= 11 is 1.49. The van der Waals surface area contributed by atoms with Crippen molar-refractivity contribution in [1.29, 1.82) is 0 Å². The van der Waals surface area contributed by atoms with Crippen molar-refractivity contribution in [3.63, 3.8) is 0 Å². The summed E-state index contributed by atoms with van der Waals surface area (Å²) in [6, 6.07) is 34.1. The second-order valence-electron chi connectivity index (χ2n) is 10.7. The van der Waals surface area contributed by atoms with Gasteiger partial charge < -0.3 is 15.2 Å². The van der Waals surface area contributed by atoms with Gasteiger partial charge in [0.2, 0.25) is 0 Å². The fourth-order valence-corrected chi connectivity index (χ4v) is 5.51. The Balaban J connectivity index is 1.33. The minimum absolute atomic E-state index is 0.246. The first-order valence-corrected chi connectivity index (χ1v) is 15.9. The minimum Gasteiger partial charge on any atom is -0.480 e. The average molecular weight is 606 g/mol. The van der Waals surface area contributed by atoms with Crippen molar-refractivity contribution in [2.75, 3.05) is 11.5 Å². The van der Waals surface area contributed by atoms with Gasteiger partial charge in [0.15, 0.2) is 0 Å². The number of carbonyl (C=O) groups excluding carboxylic acids is 1. The van der Waals surface area contributed by atoms with Crippen LogP contribution >= 0.6 is 11.8 Å². The van der Waals surface area contributed by atoms with Gasteiger partial charge in [0.25, 0.3) is 5.91 Å². The Bertz CT molecular complexity index is 1560. The molecule has 5 nitrogen and oxygen atoms in total. The van der Waals surface area contributed by atoms with Crippen molar-refractivity contribution < 1.29 is 19.4 Å². The summed E-state index contributed by atoms with van der Waals surface area (Å²) in [5.41, 5.74) is 6.56. The van der Waals surface area contributed by atoms with Crippen LogP contribution in [-0.2, 0) is 11.2 Å². The monoisotopic (exact) mass is 605 g/mol. The molecule has 226 valence electrons. The zero-order chi connectivity index (χ0) is 31.1. The van der Waals surface area contributed by atoms with E-state index in [0.717, 1.165) is 19.3 Å². The molecule has 0 bridgehead atoms. The van der Waals surface area contributed by atoms with E-state index in [0.29, 0.717) is 17.3 Å². The number of aliphatic carboxylic acids is 1. The molecule has 0 saturated heterocycles. The molecule has 1 amide bonds. The van der Waals surface area contributed by atoms with Gasteiger partial charge in [-0.15, -0.1) is 0 Å². The molecule has 0 spiro atoms. The number of carbonyl (C=O) groups is 2. The molecule has 1 atom stereocenters. The lowest BCUT2D eigenvalue weighted by atomic mass is 9.99. The van der Waals surface area contributed by atoms with Crippen LogP contribution in [0.1, 0.15) is 42.6 Å².